The molecular weight excluding hydrogens is 76.1 g/mol. The van der Waals surface area contributed by atoms with Crippen molar-refractivity contribution in [2.75, 3.05) is 13.1 Å². The third kappa shape index (κ3) is 3.63. The van der Waals surface area contributed by atoms with Crippen molar-refractivity contribution in [2.24, 2.45) is 10.7 Å². The maximum Gasteiger partial charge on any atom is 0.0507 e. The molecule has 0 aliphatic rings. The fraction of sp³-hybridized carbons (Fsp3) is 0.750. The van der Waals surface area contributed by atoms with Gasteiger partial charge in [-0.25, -0.2) is 0 Å². The van der Waals surface area contributed by atoms with Crippen LogP contribution in [0.1, 0.15) is 6.92 Å². The van der Waals surface area contributed by atoms with Crippen molar-refractivity contribution in [3.63, 3.8) is 0 Å². The minimum absolute atomic E-state index is 0.657. The van der Waals surface area contributed by atoms with Crippen LogP contribution in [0.25, 0.3) is 0 Å². The lowest BCUT2D eigenvalue weighted by molar-refractivity contribution is 0.980. The molecule has 0 radical (unpaired) electrons. The van der Waals surface area contributed by atoms with E-state index in [1.165, 1.54) is 0 Å². The van der Waals surface area contributed by atoms with Crippen molar-refractivity contribution in [3.8, 4) is 0 Å². The fourth-order valence-corrected chi connectivity index (χ4v) is 0.204. The Morgan fingerprint density at radius 3 is 2.67 bits per heavy atom. The maximum absolute atomic E-state index is 5.10. The zero-order valence-corrected chi connectivity index (χ0v) is 4.02. The Morgan fingerprint density at radius 2 is 2.50 bits per heavy atom. The molecule has 0 saturated heterocycles. The first-order valence-corrected chi connectivity index (χ1v) is 2.06. The molecule has 0 spiro atoms. The Bertz CT molecular complexity index is 40.8. The summed E-state index contributed by atoms with van der Waals surface area (Å²) >= 11 is 0. The second-order valence-electron chi connectivity index (χ2n) is 0.953. The van der Waals surface area contributed by atoms with Gasteiger partial charge in [-0.15, -0.1) is 0 Å². The van der Waals surface area contributed by atoms with Crippen LogP contribution >= 0.6 is 0 Å². The topological polar surface area (TPSA) is 38.4 Å². The average Bonchev–Trinajstić information content (AvgIpc) is 1.61. The highest BCUT2D eigenvalue weighted by molar-refractivity contribution is 5.53. The molecule has 0 atom stereocenters. The van der Waals surface area contributed by atoms with E-state index >= 15 is 0 Å². The van der Waals surface area contributed by atoms with Gasteiger partial charge in [-0.3, -0.25) is 4.99 Å². The number of rotatable bonds is 2. The minimum Gasteiger partial charge on any atom is -0.329 e. The molecular formula is C4H10N2. The molecule has 0 aliphatic heterocycles. The molecule has 0 saturated carbocycles. The lowest BCUT2D eigenvalue weighted by Crippen LogP contribution is -2.01. The van der Waals surface area contributed by atoms with Gasteiger partial charge in [0.25, 0.3) is 0 Å². The smallest absolute Gasteiger partial charge is 0.0507 e. The summed E-state index contributed by atoms with van der Waals surface area (Å²) in [6.45, 7) is 3.30. The lowest BCUT2D eigenvalue weighted by atomic mass is 10.7. The lowest BCUT2D eigenvalue weighted by Gasteiger charge is -1.78. The van der Waals surface area contributed by atoms with Gasteiger partial charge in [0.05, 0.1) is 6.54 Å². The zero-order valence-electron chi connectivity index (χ0n) is 4.02. The van der Waals surface area contributed by atoms with Gasteiger partial charge in [0.2, 0.25) is 0 Å². The van der Waals surface area contributed by atoms with E-state index in [1.807, 2.05) is 6.92 Å². The van der Waals surface area contributed by atoms with Gasteiger partial charge >= 0.3 is 0 Å². The van der Waals surface area contributed by atoms with Gasteiger partial charge in [0, 0.05) is 6.54 Å². The molecule has 0 aromatic rings. The normalized spacial score (nSPS) is 10.3. The second-order valence-corrected chi connectivity index (χ2v) is 0.953. The summed E-state index contributed by atoms with van der Waals surface area (Å²) in [7, 11) is 0. The van der Waals surface area contributed by atoms with E-state index in [1.54, 1.807) is 6.21 Å². The molecule has 2 heteroatoms. The van der Waals surface area contributed by atoms with E-state index in [0.717, 1.165) is 6.54 Å². The van der Waals surface area contributed by atoms with E-state index in [2.05, 4.69) is 4.99 Å². The first-order chi connectivity index (χ1) is 2.91. The summed E-state index contributed by atoms with van der Waals surface area (Å²) in [5.74, 6) is 0. The van der Waals surface area contributed by atoms with Gasteiger partial charge in [-0.2, -0.15) is 0 Å². The molecule has 36 valence electrons. The number of aliphatic imine (C=N–C) groups is 1. The molecule has 2 N–H and O–H groups in total. The van der Waals surface area contributed by atoms with Gasteiger partial charge in [-0.1, -0.05) is 0 Å². The summed E-state index contributed by atoms with van der Waals surface area (Å²) < 4.78 is 0. The highest BCUT2D eigenvalue weighted by atomic mass is 14.7. The van der Waals surface area contributed by atoms with Crippen molar-refractivity contribution in [1.29, 1.82) is 0 Å². The molecule has 0 fully saturated rings. The Kier molecular flexibility index (Phi) is 4.34. The van der Waals surface area contributed by atoms with E-state index in [0.29, 0.717) is 6.54 Å². The number of hydrogen-bond acceptors (Lipinski definition) is 2. The van der Waals surface area contributed by atoms with Crippen LogP contribution in [0.15, 0.2) is 4.99 Å². The highest BCUT2D eigenvalue weighted by Gasteiger charge is 1.64. The predicted octanol–water partition coefficient (Wildman–Crippen LogP) is 0.0358. The van der Waals surface area contributed by atoms with Crippen LogP contribution in [0.2, 0.25) is 0 Å². The van der Waals surface area contributed by atoms with E-state index < -0.39 is 0 Å². The molecule has 2 nitrogen and oxygen atoms in total. The molecule has 0 heterocycles. The first-order valence-electron chi connectivity index (χ1n) is 2.06. The van der Waals surface area contributed by atoms with Crippen LogP contribution in [0.3, 0.4) is 0 Å². The van der Waals surface area contributed by atoms with E-state index in [-0.39, 0.29) is 0 Å². The Labute approximate surface area is 38.1 Å². The Morgan fingerprint density at radius 1 is 1.83 bits per heavy atom. The SMILES string of the molecule is C/C=N/CCN. The second kappa shape index (κ2) is 4.63. The van der Waals surface area contributed by atoms with Crippen LogP contribution in [0, 0.1) is 0 Å². The quantitative estimate of drug-likeness (QED) is 0.473. The summed E-state index contributed by atoms with van der Waals surface area (Å²) in [6, 6.07) is 0. The standard InChI is InChI=1S/C4H10N2/c1-2-6-4-3-5/h2H,3-5H2,1H3/b6-2+. The van der Waals surface area contributed by atoms with Crippen molar-refractivity contribution in [1.82, 2.24) is 0 Å². The molecule has 0 bridgehead atoms. The van der Waals surface area contributed by atoms with Gasteiger partial charge in [0.1, 0.15) is 0 Å². The third-order valence-corrected chi connectivity index (χ3v) is 0.441. The summed E-state index contributed by atoms with van der Waals surface area (Å²) in [5.41, 5.74) is 5.10. The molecule has 0 unspecified atom stereocenters. The molecule has 0 aromatic carbocycles. The van der Waals surface area contributed by atoms with Crippen molar-refractivity contribution in [2.45, 2.75) is 6.92 Å². The molecule has 0 rings (SSSR count). The average molecular weight is 86.1 g/mol. The number of nitrogens with zero attached hydrogens (tertiary/aromatic N) is 1. The van der Waals surface area contributed by atoms with Crippen LogP contribution in [0.4, 0.5) is 0 Å². The Balaban J connectivity index is 2.66. The summed E-state index contributed by atoms with van der Waals surface area (Å²) in [4.78, 5) is 3.84. The maximum atomic E-state index is 5.10. The van der Waals surface area contributed by atoms with Gasteiger partial charge < -0.3 is 5.73 Å². The van der Waals surface area contributed by atoms with Crippen molar-refractivity contribution < 1.29 is 0 Å². The molecule has 0 aromatic heterocycles. The minimum atomic E-state index is 0.657. The van der Waals surface area contributed by atoms with E-state index in [9.17, 15) is 0 Å². The number of hydrogen-bond donors (Lipinski definition) is 1. The predicted molar refractivity (Wildman–Crippen MR) is 28.1 cm³/mol. The first kappa shape index (κ1) is 5.63. The largest absolute Gasteiger partial charge is 0.329 e. The molecule has 6 heavy (non-hydrogen) atoms. The van der Waals surface area contributed by atoms with Gasteiger partial charge in [-0.05, 0) is 13.1 Å². The van der Waals surface area contributed by atoms with Crippen LogP contribution < -0.4 is 5.73 Å². The third-order valence-electron chi connectivity index (χ3n) is 0.441. The fourth-order valence-electron chi connectivity index (χ4n) is 0.204. The monoisotopic (exact) mass is 86.1 g/mol. The highest BCUT2D eigenvalue weighted by Crippen LogP contribution is 1.57. The Hall–Kier alpha value is -0.370. The van der Waals surface area contributed by atoms with Crippen molar-refractivity contribution >= 4 is 6.21 Å². The van der Waals surface area contributed by atoms with E-state index in [4.69, 9.17) is 5.73 Å². The number of nitrogens with two attached hydrogens (primary N) is 1. The van der Waals surface area contributed by atoms with Crippen LogP contribution in [-0.4, -0.2) is 19.3 Å². The van der Waals surface area contributed by atoms with Crippen molar-refractivity contribution in [3.05, 3.63) is 0 Å². The summed E-state index contributed by atoms with van der Waals surface area (Å²) in [5, 5.41) is 0. The summed E-state index contributed by atoms with van der Waals surface area (Å²) in [6.07, 6.45) is 1.76. The van der Waals surface area contributed by atoms with Crippen LogP contribution in [-0.2, 0) is 0 Å². The zero-order chi connectivity index (χ0) is 4.83. The molecule has 0 amide bonds. The van der Waals surface area contributed by atoms with Crippen LogP contribution in [0.5, 0.6) is 0 Å². The molecule has 0 aliphatic carbocycles. The van der Waals surface area contributed by atoms with Gasteiger partial charge in [0.15, 0.2) is 0 Å².